The first-order valence-electron chi connectivity index (χ1n) is 7.86. The molecule has 1 aliphatic rings. The molecule has 3 rings (SSSR count). The van der Waals surface area contributed by atoms with Crippen molar-refractivity contribution in [2.75, 3.05) is 21.3 Å². The number of benzene rings is 1. The molecule has 0 amide bonds. The van der Waals surface area contributed by atoms with Crippen molar-refractivity contribution in [2.45, 2.75) is 18.8 Å². The van der Waals surface area contributed by atoms with Crippen LogP contribution in [0.3, 0.4) is 0 Å². The Balaban J connectivity index is 2.33. The lowest BCUT2D eigenvalue weighted by molar-refractivity contribution is 0.0690. The molecule has 1 heterocycles. The molecule has 0 atom stereocenters. The maximum absolute atomic E-state index is 11.7. The zero-order valence-electron chi connectivity index (χ0n) is 14.3. The van der Waals surface area contributed by atoms with Gasteiger partial charge in [-0.15, -0.1) is 0 Å². The fourth-order valence-electron chi connectivity index (χ4n) is 3.18. The molecular formula is C18H20N2O5. The Hall–Kier alpha value is -2.96. The van der Waals surface area contributed by atoms with Gasteiger partial charge in [0.15, 0.2) is 11.5 Å². The zero-order chi connectivity index (χ0) is 18.1. The van der Waals surface area contributed by atoms with Gasteiger partial charge in [-0.1, -0.05) is 0 Å². The van der Waals surface area contributed by atoms with E-state index in [9.17, 15) is 9.90 Å². The molecule has 0 unspecified atom stereocenters. The first-order valence-corrected chi connectivity index (χ1v) is 7.86. The fourth-order valence-corrected chi connectivity index (χ4v) is 3.18. The van der Waals surface area contributed by atoms with E-state index in [-0.39, 0.29) is 11.6 Å². The number of carboxylic acid groups (broad SMARTS) is 1. The second-order valence-corrected chi connectivity index (χ2v) is 5.81. The molecule has 7 nitrogen and oxygen atoms in total. The van der Waals surface area contributed by atoms with Crippen LogP contribution in [0, 0.1) is 5.41 Å². The van der Waals surface area contributed by atoms with Gasteiger partial charge in [-0.2, -0.15) is 0 Å². The predicted octanol–water partition coefficient (Wildman–Crippen LogP) is 3.28. The lowest BCUT2D eigenvalue weighted by Gasteiger charge is -2.17. The molecule has 1 aromatic carbocycles. The fraction of sp³-hybridized carbons (Fsp3) is 0.333. The van der Waals surface area contributed by atoms with Gasteiger partial charge < -0.3 is 29.7 Å². The largest absolute Gasteiger partial charge is 0.493 e. The average Bonchev–Trinajstić information content (AvgIpc) is 3.39. The second-order valence-electron chi connectivity index (χ2n) is 5.81. The quantitative estimate of drug-likeness (QED) is 0.669. The summed E-state index contributed by atoms with van der Waals surface area (Å²) in [6.45, 7) is 0. The van der Waals surface area contributed by atoms with E-state index in [0.29, 0.717) is 34.1 Å². The molecule has 132 valence electrons. The number of hydrogen-bond donors (Lipinski definition) is 3. The van der Waals surface area contributed by atoms with E-state index in [4.69, 9.17) is 19.6 Å². The van der Waals surface area contributed by atoms with Crippen LogP contribution >= 0.6 is 0 Å². The van der Waals surface area contributed by atoms with E-state index >= 15 is 0 Å². The van der Waals surface area contributed by atoms with Crippen LogP contribution in [0.15, 0.2) is 12.1 Å². The highest BCUT2D eigenvalue weighted by Gasteiger charge is 2.35. The van der Waals surface area contributed by atoms with Crippen molar-refractivity contribution in [3.63, 3.8) is 0 Å². The number of nitrogens with one attached hydrogen (secondary N) is 2. The average molecular weight is 344 g/mol. The number of aromatic carboxylic acids is 1. The van der Waals surface area contributed by atoms with Crippen molar-refractivity contribution in [3.8, 4) is 28.4 Å². The number of aromatic amines is 1. The minimum absolute atomic E-state index is 0.132. The van der Waals surface area contributed by atoms with Gasteiger partial charge in [0.1, 0.15) is 5.69 Å². The van der Waals surface area contributed by atoms with Crippen molar-refractivity contribution < 1.29 is 24.1 Å². The minimum Gasteiger partial charge on any atom is -0.493 e. The smallest absolute Gasteiger partial charge is 0.352 e. The first-order chi connectivity index (χ1) is 12.1. The van der Waals surface area contributed by atoms with Crippen molar-refractivity contribution in [1.82, 2.24) is 4.98 Å². The summed E-state index contributed by atoms with van der Waals surface area (Å²) in [5.74, 6) is 0.530. The van der Waals surface area contributed by atoms with Gasteiger partial charge in [-0.25, -0.2) is 4.79 Å². The summed E-state index contributed by atoms with van der Waals surface area (Å²) in [5.41, 5.74) is 2.63. The molecule has 0 radical (unpaired) electrons. The summed E-state index contributed by atoms with van der Waals surface area (Å²) in [4.78, 5) is 14.5. The molecular weight excluding hydrogens is 324 g/mol. The maximum Gasteiger partial charge on any atom is 0.352 e. The van der Waals surface area contributed by atoms with Crippen LogP contribution in [-0.2, 0) is 0 Å². The molecule has 0 spiro atoms. The monoisotopic (exact) mass is 344 g/mol. The van der Waals surface area contributed by atoms with Gasteiger partial charge in [0.05, 0.1) is 27.0 Å². The van der Waals surface area contributed by atoms with Gasteiger partial charge in [-0.3, -0.25) is 0 Å². The Labute approximate surface area is 145 Å². The van der Waals surface area contributed by atoms with Gasteiger partial charge >= 0.3 is 5.97 Å². The predicted molar refractivity (Wildman–Crippen MR) is 92.7 cm³/mol. The summed E-state index contributed by atoms with van der Waals surface area (Å²) < 4.78 is 16.3. The van der Waals surface area contributed by atoms with Crippen LogP contribution in [0.5, 0.6) is 17.2 Å². The molecule has 1 saturated carbocycles. The summed E-state index contributed by atoms with van der Waals surface area (Å²) in [7, 11) is 4.57. The lowest BCUT2D eigenvalue weighted by atomic mass is 9.95. The number of carbonyl (C=O) groups is 1. The van der Waals surface area contributed by atoms with Crippen LogP contribution in [0.25, 0.3) is 11.1 Å². The van der Waals surface area contributed by atoms with E-state index in [1.54, 1.807) is 12.1 Å². The molecule has 1 aromatic heterocycles. The number of hydrogen-bond acceptors (Lipinski definition) is 5. The molecule has 1 fully saturated rings. The lowest BCUT2D eigenvalue weighted by Crippen LogP contribution is -2.01. The Morgan fingerprint density at radius 1 is 1.20 bits per heavy atom. The Morgan fingerprint density at radius 3 is 2.36 bits per heavy atom. The SMILES string of the molecule is COc1ccc(-c2c(C=N)[nH]c(C(=O)O)c2C2CC2)c(OC)c1OC. The topological polar surface area (TPSA) is 105 Å². The van der Waals surface area contributed by atoms with E-state index in [2.05, 4.69) is 4.98 Å². The molecule has 0 saturated heterocycles. The molecule has 1 aliphatic carbocycles. The summed E-state index contributed by atoms with van der Waals surface area (Å²) in [6, 6.07) is 3.54. The summed E-state index contributed by atoms with van der Waals surface area (Å²) >= 11 is 0. The van der Waals surface area contributed by atoms with Crippen LogP contribution in [-0.4, -0.2) is 43.6 Å². The van der Waals surface area contributed by atoms with Gasteiger partial charge in [0.2, 0.25) is 5.75 Å². The normalized spacial score (nSPS) is 13.4. The third-order valence-electron chi connectivity index (χ3n) is 4.39. The molecule has 2 aromatic rings. The number of methoxy groups -OCH3 is 3. The Bertz CT molecular complexity index is 836. The number of H-pyrrole nitrogens is 1. The standard InChI is InChI=1S/C18H20N2O5/c1-23-12-7-6-10(16(24-2)17(12)25-3)14-11(8-19)20-15(18(21)22)13(14)9-4-5-9/h6-9,19-20H,4-5H2,1-3H3,(H,21,22). The molecule has 7 heteroatoms. The van der Waals surface area contributed by atoms with Crippen molar-refractivity contribution >= 4 is 12.2 Å². The molecule has 0 aliphatic heterocycles. The second kappa shape index (κ2) is 6.51. The third-order valence-corrected chi connectivity index (χ3v) is 4.39. The molecule has 25 heavy (non-hydrogen) atoms. The molecule has 3 N–H and O–H groups in total. The summed E-state index contributed by atoms with van der Waals surface area (Å²) in [5, 5.41) is 17.3. The van der Waals surface area contributed by atoms with E-state index in [1.807, 2.05) is 0 Å². The Morgan fingerprint density at radius 2 is 1.88 bits per heavy atom. The zero-order valence-corrected chi connectivity index (χ0v) is 14.3. The highest BCUT2D eigenvalue weighted by Crippen LogP contribution is 2.51. The van der Waals surface area contributed by atoms with Gasteiger partial charge in [-0.05, 0) is 36.5 Å². The number of carboxylic acids is 1. The van der Waals surface area contributed by atoms with Crippen molar-refractivity contribution in [3.05, 3.63) is 29.1 Å². The maximum atomic E-state index is 11.7. The van der Waals surface area contributed by atoms with Crippen LogP contribution in [0.2, 0.25) is 0 Å². The number of rotatable bonds is 7. The van der Waals surface area contributed by atoms with Crippen LogP contribution in [0.1, 0.15) is 40.5 Å². The Kier molecular flexibility index (Phi) is 4.39. The van der Waals surface area contributed by atoms with Crippen LogP contribution in [0.4, 0.5) is 0 Å². The number of ether oxygens (including phenoxy) is 3. The summed E-state index contributed by atoms with van der Waals surface area (Å²) in [6.07, 6.45) is 2.99. The van der Waals surface area contributed by atoms with Gasteiger partial charge in [0, 0.05) is 17.3 Å². The highest BCUT2D eigenvalue weighted by molar-refractivity contribution is 5.99. The first kappa shape index (κ1) is 16.9. The van der Waals surface area contributed by atoms with Gasteiger partial charge in [0.25, 0.3) is 0 Å². The van der Waals surface area contributed by atoms with E-state index < -0.39 is 5.97 Å². The minimum atomic E-state index is -1.03. The van der Waals surface area contributed by atoms with Crippen LogP contribution < -0.4 is 14.2 Å². The van der Waals surface area contributed by atoms with Crippen molar-refractivity contribution in [2.24, 2.45) is 0 Å². The van der Waals surface area contributed by atoms with Crippen molar-refractivity contribution in [1.29, 1.82) is 5.41 Å². The molecule has 0 bridgehead atoms. The van der Waals surface area contributed by atoms with E-state index in [0.717, 1.165) is 24.6 Å². The third kappa shape index (κ3) is 2.71. The van der Waals surface area contributed by atoms with E-state index in [1.165, 1.54) is 21.3 Å². The highest BCUT2D eigenvalue weighted by atomic mass is 16.5. The number of aromatic nitrogens is 1.